The van der Waals surface area contributed by atoms with Crippen molar-refractivity contribution in [1.82, 2.24) is 4.37 Å². The molecule has 0 saturated carbocycles. The van der Waals surface area contributed by atoms with Crippen molar-refractivity contribution in [3.8, 4) is 5.75 Å². The zero-order valence-electron chi connectivity index (χ0n) is 10.8. The molecule has 1 aromatic rings. The van der Waals surface area contributed by atoms with Crippen LogP contribution in [-0.4, -0.2) is 23.1 Å². The van der Waals surface area contributed by atoms with Crippen molar-refractivity contribution in [2.45, 2.75) is 52.2 Å². The highest BCUT2D eigenvalue weighted by Crippen LogP contribution is 2.41. The van der Waals surface area contributed by atoms with Crippen LogP contribution >= 0.6 is 11.5 Å². The van der Waals surface area contributed by atoms with Gasteiger partial charge in [-0.05, 0) is 51.6 Å². The maximum absolute atomic E-state index is 5.89. The first-order valence-corrected chi connectivity index (χ1v) is 7.05. The summed E-state index contributed by atoms with van der Waals surface area (Å²) in [5.74, 6) is 1.30. The Morgan fingerprint density at radius 1 is 1.47 bits per heavy atom. The maximum Gasteiger partial charge on any atom is 0.198 e. The fourth-order valence-electron chi connectivity index (χ4n) is 2.21. The molecule has 1 aliphatic heterocycles. The highest BCUT2D eigenvalue weighted by molar-refractivity contribution is 7.11. The van der Waals surface area contributed by atoms with Gasteiger partial charge in [-0.2, -0.15) is 4.37 Å². The first-order valence-electron chi connectivity index (χ1n) is 6.28. The van der Waals surface area contributed by atoms with E-state index in [9.17, 15) is 0 Å². The van der Waals surface area contributed by atoms with Crippen LogP contribution in [0.2, 0.25) is 0 Å². The number of hydrogen-bond donors (Lipinski definition) is 1. The van der Waals surface area contributed by atoms with Crippen LogP contribution in [0.4, 0.5) is 10.8 Å². The average molecular weight is 255 g/mol. The van der Waals surface area contributed by atoms with Crippen LogP contribution < -0.4 is 15.4 Å². The van der Waals surface area contributed by atoms with Gasteiger partial charge in [-0.15, -0.1) is 0 Å². The summed E-state index contributed by atoms with van der Waals surface area (Å²) in [6, 6.07) is 0.554. The standard InChI is InChI=1S/C12H21N3OS/c1-8(2)16-10-11(13)14-17-12(10)15-7-5-4-6-9(15)3/h8-9H,4-7H2,1-3H3,(H2,13,14). The van der Waals surface area contributed by atoms with Crippen molar-refractivity contribution >= 4 is 22.4 Å². The minimum Gasteiger partial charge on any atom is -0.484 e. The minimum absolute atomic E-state index is 0.132. The molecule has 17 heavy (non-hydrogen) atoms. The fraction of sp³-hybridized carbons (Fsp3) is 0.750. The molecule has 2 heterocycles. The fourth-order valence-corrected chi connectivity index (χ4v) is 3.09. The second-order valence-corrected chi connectivity index (χ2v) is 5.66. The lowest BCUT2D eigenvalue weighted by atomic mass is 10.0. The van der Waals surface area contributed by atoms with E-state index in [1.807, 2.05) is 13.8 Å². The second kappa shape index (κ2) is 5.12. The Bertz CT molecular complexity index is 378. The van der Waals surface area contributed by atoms with Gasteiger partial charge in [-0.25, -0.2) is 0 Å². The van der Waals surface area contributed by atoms with Crippen molar-refractivity contribution in [2.24, 2.45) is 0 Å². The molecule has 0 aliphatic carbocycles. The topological polar surface area (TPSA) is 51.4 Å². The van der Waals surface area contributed by atoms with Gasteiger partial charge in [0.05, 0.1) is 6.10 Å². The van der Waals surface area contributed by atoms with E-state index in [1.165, 1.54) is 30.8 Å². The summed E-state index contributed by atoms with van der Waals surface area (Å²) in [5, 5.41) is 1.10. The molecule has 96 valence electrons. The van der Waals surface area contributed by atoms with Gasteiger partial charge in [-0.3, -0.25) is 0 Å². The zero-order chi connectivity index (χ0) is 12.4. The first kappa shape index (κ1) is 12.5. The van der Waals surface area contributed by atoms with Crippen LogP contribution in [0.3, 0.4) is 0 Å². The van der Waals surface area contributed by atoms with Gasteiger partial charge in [0, 0.05) is 12.6 Å². The van der Waals surface area contributed by atoms with Gasteiger partial charge in [0.1, 0.15) is 0 Å². The number of rotatable bonds is 3. The van der Waals surface area contributed by atoms with Gasteiger partial charge < -0.3 is 15.4 Å². The third-order valence-electron chi connectivity index (χ3n) is 3.07. The van der Waals surface area contributed by atoms with Crippen LogP contribution in [0.25, 0.3) is 0 Å². The Morgan fingerprint density at radius 2 is 2.24 bits per heavy atom. The lowest BCUT2D eigenvalue weighted by Gasteiger charge is -2.34. The quantitative estimate of drug-likeness (QED) is 0.902. The SMILES string of the molecule is CC(C)Oc1c(N)nsc1N1CCCCC1C. The summed E-state index contributed by atoms with van der Waals surface area (Å²) in [4.78, 5) is 2.38. The predicted octanol–water partition coefficient (Wildman–Crippen LogP) is 2.89. The normalized spacial score (nSPS) is 20.9. The summed E-state index contributed by atoms with van der Waals surface area (Å²) in [6.45, 7) is 7.37. The Kier molecular flexibility index (Phi) is 3.76. The van der Waals surface area contributed by atoms with E-state index < -0.39 is 0 Å². The van der Waals surface area contributed by atoms with Gasteiger partial charge >= 0.3 is 0 Å². The lowest BCUT2D eigenvalue weighted by molar-refractivity contribution is 0.244. The molecule has 5 heteroatoms. The number of aromatic nitrogens is 1. The van der Waals surface area contributed by atoms with Crippen molar-refractivity contribution in [2.75, 3.05) is 17.2 Å². The molecule has 0 amide bonds. The number of nitrogen functional groups attached to an aromatic ring is 1. The first-order chi connectivity index (χ1) is 8.09. The van der Waals surface area contributed by atoms with Gasteiger partial charge in [0.2, 0.25) is 0 Å². The molecule has 1 unspecified atom stereocenters. The van der Waals surface area contributed by atoms with Gasteiger partial charge in [-0.1, -0.05) is 0 Å². The van der Waals surface area contributed by atoms with E-state index in [0.717, 1.165) is 17.3 Å². The molecule has 1 fully saturated rings. The third-order valence-corrected chi connectivity index (χ3v) is 3.96. The zero-order valence-corrected chi connectivity index (χ0v) is 11.6. The Labute approximate surface area is 107 Å². The average Bonchev–Trinajstić information content (AvgIpc) is 2.61. The van der Waals surface area contributed by atoms with Crippen molar-refractivity contribution in [3.05, 3.63) is 0 Å². The molecule has 1 saturated heterocycles. The van der Waals surface area contributed by atoms with Crippen molar-refractivity contribution in [3.63, 3.8) is 0 Å². The molecule has 2 rings (SSSR count). The van der Waals surface area contributed by atoms with Gasteiger partial charge in [0.25, 0.3) is 0 Å². The highest BCUT2D eigenvalue weighted by Gasteiger charge is 2.25. The molecule has 2 N–H and O–H groups in total. The Morgan fingerprint density at radius 3 is 2.88 bits per heavy atom. The summed E-state index contributed by atoms with van der Waals surface area (Å²) < 4.78 is 10.0. The number of nitrogens with two attached hydrogens (primary N) is 1. The Balaban J connectivity index is 2.24. The monoisotopic (exact) mass is 255 g/mol. The molecular formula is C12H21N3OS. The number of ether oxygens (including phenoxy) is 1. The van der Waals surface area contributed by atoms with E-state index in [4.69, 9.17) is 10.5 Å². The van der Waals surface area contributed by atoms with E-state index in [0.29, 0.717) is 11.9 Å². The van der Waals surface area contributed by atoms with Crippen LogP contribution in [0.1, 0.15) is 40.0 Å². The molecule has 0 aromatic carbocycles. The van der Waals surface area contributed by atoms with E-state index in [-0.39, 0.29) is 6.10 Å². The van der Waals surface area contributed by atoms with Gasteiger partial charge in [0.15, 0.2) is 16.6 Å². The molecule has 0 bridgehead atoms. The summed E-state index contributed by atoms with van der Waals surface area (Å²) in [7, 11) is 0. The molecule has 1 atom stereocenters. The van der Waals surface area contributed by atoms with E-state index in [1.54, 1.807) is 0 Å². The van der Waals surface area contributed by atoms with Crippen LogP contribution in [-0.2, 0) is 0 Å². The molecule has 4 nitrogen and oxygen atoms in total. The Hall–Kier alpha value is -0.970. The largest absolute Gasteiger partial charge is 0.484 e. The minimum atomic E-state index is 0.132. The third kappa shape index (κ3) is 2.65. The molecular weight excluding hydrogens is 234 g/mol. The molecule has 0 spiro atoms. The summed E-state index contributed by atoms with van der Waals surface area (Å²) in [5.41, 5.74) is 5.89. The van der Waals surface area contributed by atoms with Crippen LogP contribution in [0.5, 0.6) is 5.75 Å². The van der Waals surface area contributed by atoms with Crippen molar-refractivity contribution in [1.29, 1.82) is 0 Å². The van der Waals surface area contributed by atoms with Crippen LogP contribution in [0.15, 0.2) is 0 Å². The van der Waals surface area contributed by atoms with Crippen molar-refractivity contribution < 1.29 is 4.74 Å². The summed E-state index contributed by atoms with van der Waals surface area (Å²) in [6.07, 6.45) is 3.92. The van der Waals surface area contributed by atoms with Crippen LogP contribution in [0, 0.1) is 0 Å². The van der Waals surface area contributed by atoms with E-state index >= 15 is 0 Å². The number of hydrogen-bond acceptors (Lipinski definition) is 5. The number of piperidine rings is 1. The molecule has 1 aliphatic rings. The maximum atomic E-state index is 5.89. The van der Waals surface area contributed by atoms with E-state index in [2.05, 4.69) is 16.2 Å². The smallest absolute Gasteiger partial charge is 0.198 e. The highest BCUT2D eigenvalue weighted by atomic mass is 32.1. The second-order valence-electron chi connectivity index (χ2n) is 4.91. The number of nitrogens with zero attached hydrogens (tertiary/aromatic N) is 2. The lowest BCUT2D eigenvalue weighted by Crippen LogP contribution is -2.37. The molecule has 1 aromatic heterocycles. The number of anilines is 2. The predicted molar refractivity (Wildman–Crippen MR) is 72.9 cm³/mol. The molecule has 0 radical (unpaired) electrons. The summed E-state index contributed by atoms with van der Waals surface area (Å²) >= 11 is 1.45.